The Bertz CT molecular complexity index is 1260. The molecule has 5 heterocycles. The molecular formula is C25H32FN9OS2. The Kier molecular flexibility index (Phi) is 9.54. The minimum absolute atomic E-state index is 0.158. The van der Waals surface area contributed by atoms with E-state index in [0.717, 1.165) is 62.0 Å². The number of anilines is 3. The third kappa shape index (κ3) is 7.00. The number of thiazole rings is 2. The minimum atomic E-state index is -0.586. The fourth-order valence-corrected chi connectivity index (χ4v) is 5.66. The van der Waals surface area contributed by atoms with Gasteiger partial charge in [0.05, 0.1) is 12.4 Å². The topological polar surface area (TPSA) is 114 Å². The number of likely N-dealkylation sites (tertiary alicyclic amines) is 1. The molecule has 0 spiro atoms. The van der Waals surface area contributed by atoms with Crippen LogP contribution in [0.25, 0.3) is 0 Å². The van der Waals surface area contributed by atoms with E-state index in [0.29, 0.717) is 46.1 Å². The number of nitriles is 1. The number of carbonyl (C=O) groups is 1. The number of piperazine rings is 1. The second-order valence-electron chi connectivity index (χ2n) is 9.00. The molecule has 2 aliphatic rings. The first-order valence-corrected chi connectivity index (χ1v) is 14.4. The number of rotatable bonds is 6. The van der Waals surface area contributed by atoms with Crippen LogP contribution in [0.4, 0.5) is 21.2 Å². The van der Waals surface area contributed by atoms with Crippen LogP contribution in [0.5, 0.6) is 0 Å². The standard InChI is InChI=1S/C23H26FN9OS2.C2H6/c1-31-6-8-32(9-7-31)20-11-19(30-23-27-13-16(12-25)35-23)28-18(29-20)10-15-2-4-33(5-3-15)21(34)17-14-26-22(24)36-17;1-2/h11,13-15H,2-10H2,1H3,(H,27,28,29,30);1-2H3. The van der Waals surface area contributed by atoms with E-state index >= 15 is 0 Å². The van der Waals surface area contributed by atoms with Gasteiger partial charge in [0.25, 0.3) is 11.2 Å². The van der Waals surface area contributed by atoms with Crippen molar-refractivity contribution in [2.75, 3.05) is 56.5 Å². The molecule has 0 radical (unpaired) electrons. The monoisotopic (exact) mass is 557 g/mol. The first-order chi connectivity index (χ1) is 18.5. The van der Waals surface area contributed by atoms with Gasteiger partial charge in [-0.3, -0.25) is 4.79 Å². The average molecular weight is 558 g/mol. The molecular weight excluding hydrogens is 525 g/mol. The highest BCUT2D eigenvalue weighted by Crippen LogP contribution is 2.27. The number of hydrogen-bond donors (Lipinski definition) is 1. The van der Waals surface area contributed by atoms with Crippen LogP contribution in [-0.2, 0) is 6.42 Å². The Morgan fingerprint density at radius 3 is 2.47 bits per heavy atom. The van der Waals surface area contributed by atoms with Crippen LogP contribution in [-0.4, -0.2) is 82.0 Å². The van der Waals surface area contributed by atoms with E-state index in [2.05, 4.69) is 38.2 Å². The SMILES string of the molecule is CC.CN1CCN(c2cc(Nc3ncc(C#N)s3)nc(CC3CCN(C(=O)c4cnc(F)s4)CC3)n2)CC1. The molecule has 0 atom stereocenters. The van der Waals surface area contributed by atoms with Gasteiger partial charge in [-0.2, -0.15) is 9.65 Å². The smallest absolute Gasteiger partial charge is 0.269 e. The molecule has 0 bridgehead atoms. The molecule has 2 saturated heterocycles. The molecule has 2 fully saturated rings. The number of piperidine rings is 1. The van der Waals surface area contributed by atoms with E-state index in [-0.39, 0.29) is 5.91 Å². The molecule has 38 heavy (non-hydrogen) atoms. The molecule has 10 nitrogen and oxygen atoms in total. The van der Waals surface area contributed by atoms with Crippen LogP contribution in [0.2, 0.25) is 0 Å². The Morgan fingerprint density at radius 2 is 1.84 bits per heavy atom. The van der Waals surface area contributed by atoms with Gasteiger partial charge in [0.15, 0.2) is 5.13 Å². The third-order valence-electron chi connectivity index (χ3n) is 6.50. The van der Waals surface area contributed by atoms with Gasteiger partial charge < -0.3 is 20.0 Å². The fraction of sp³-hybridized carbons (Fsp3) is 0.520. The van der Waals surface area contributed by atoms with Crippen molar-refractivity contribution < 1.29 is 9.18 Å². The number of amides is 1. The van der Waals surface area contributed by atoms with Crippen LogP contribution < -0.4 is 10.2 Å². The maximum absolute atomic E-state index is 13.2. The predicted octanol–water partition coefficient (Wildman–Crippen LogP) is 4.02. The van der Waals surface area contributed by atoms with Crippen molar-refractivity contribution in [1.82, 2.24) is 29.7 Å². The van der Waals surface area contributed by atoms with Gasteiger partial charge in [0, 0.05) is 51.8 Å². The van der Waals surface area contributed by atoms with Gasteiger partial charge in [0.1, 0.15) is 33.3 Å². The Balaban J connectivity index is 0.00000164. The molecule has 0 unspecified atom stereocenters. The second-order valence-corrected chi connectivity index (χ2v) is 11.0. The summed E-state index contributed by atoms with van der Waals surface area (Å²) in [4.78, 5) is 37.3. The highest BCUT2D eigenvalue weighted by atomic mass is 32.1. The maximum atomic E-state index is 13.2. The van der Waals surface area contributed by atoms with E-state index in [1.54, 1.807) is 11.1 Å². The number of halogens is 1. The summed E-state index contributed by atoms with van der Waals surface area (Å²) < 4.78 is 13.2. The quantitative estimate of drug-likeness (QED) is 0.480. The lowest BCUT2D eigenvalue weighted by Gasteiger charge is -2.34. The molecule has 1 amide bonds. The third-order valence-corrected chi connectivity index (χ3v) is 8.09. The number of carbonyl (C=O) groups excluding carboxylic acids is 1. The van der Waals surface area contributed by atoms with Crippen LogP contribution in [0.15, 0.2) is 18.5 Å². The lowest BCUT2D eigenvalue weighted by molar-refractivity contribution is 0.0694. The van der Waals surface area contributed by atoms with Gasteiger partial charge in [-0.15, -0.1) is 0 Å². The Hall–Kier alpha value is -3.21. The van der Waals surface area contributed by atoms with E-state index in [9.17, 15) is 9.18 Å². The first kappa shape index (κ1) is 27.8. The molecule has 202 valence electrons. The summed E-state index contributed by atoms with van der Waals surface area (Å²) in [5.74, 6) is 2.48. The number of nitrogens with zero attached hydrogens (tertiary/aromatic N) is 8. The molecule has 0 saturated carbocycles. The average Bonchev–Trinajstić information content (AvgIpc) is 3.59. The molecule has 1 N–H and O–H groups in total. The fourth-order valence-electron chi connectivity index (χ4n) is 4.44. The van der Waals surface area contributed by atoms with E-state index < -0.39 is 5.26 Å². The molecule has 5 rings (SSSR count). The molecule has 13 heteroatoms. The summed E-state index contributed by atoms with van der Waals surface area (Å²) in [5, 5.41) is 12.4. The van der Waals surface area contributed by atoms with E-state index in [1.165, 1.54) is 17.5 Å². The lowest BCUT2D eigenvalue weighted by atomic mass is 9.93. The van der Waals surface area contributed by atoms with Gasteiger partial charge in [-0.1, -0.05) is 36.5 Å². The number of likely N-dealkylation sites (N-methyl/N-ethyl adjacent to an activating group) is 1. The lowest BCUT2D eigenvalue weighted by Crippen LogP contribution is -2.45. The highest BCUT2D eigenvalue weighted by Gasteiger charge is 2.26. The van der Waals surface area contributed by atoms with Crippen molar-refractivity contribution in [3.8, 4) is 6.07 Å². The molecule has 3 aromatic rings. The number of hydrogen-bond acceptors (Lipinski definition) is 11. The van der Waals surface area contributed by atoms with Crippen molar-refractivity contribution in [1.29, 1.82) is 5.26 Å². The Labute approximate surface area is 230 Å². The van der Waals surface area contributed by atoms with E-state index in [4.69, 9.17) is 15.2 Å². The van der Waals surface area contributed by atoms with Crippen LogP contribution in [0.1, 0.15) is 47.1 Å². The summed E-state index contributed by atoms with van der Waals surface area (Å²) >= 11 is 2.07. The molecule has 3 aromatic heterocycles. The zero-order chi connectivity index (χ0) is 27.1. The summed E-state index contributed by atoms with van der Waals surface area (Å²) in [5.41, 5.74) is 0. The van der Waals surface area contributed by atoms with Crippen molar-refractivity contribution >= 4 is 45.3 Å². The van der Waals surface area contributed by atoms with Gasteiger partial charge in [-0.05, 0) is 25.8 Å². The predicted molar refractivity (Wildman–Crippen MR) is 148 cm³/mol. The van der Waals surface area contributed by atoms with Crippen LogP contribution in [0.3, 0.4) is 0 Å². The van der Waals surface area contributed by atoms with Crippen molar-refractivity contribution in [3.05, 3.63) is 39.3 Å². The van der Waals surface area contributed by atoms with Crippen molar-refractivity contribution in [3.63, 3.8) is 0 Å². The molecule has 0 aromatic carbocycles. The van der Waals surface area contributed by atoms with Crippen molar-refractivity contribution in [2.24, 2.45) is 5.92 Å². The Morgan fingerprint density at radius 1 is 1.11 bits per heavy atom. The van der Waals surface area contributed by atoms with Gasteiger partial charge in [-0.25, -0.2) is 19.9 Å². The normalized spacial score (nSPS) is 16.5. The largest absolute Gasteiger partial charge is 0.354 e. The second kappa shape index (κ2) is 13.0. The summed E-state index contributed by atoms with van der Waals surface area (Å²) in [6.45, 7) is 8.94. The zero-order valence-corrected chi connectivity index (χ0v) is 23.5. The van der Waals surface area contributed by atoms with Gasteiger partial charge in [0.2, 0.25) is 0 Å². The van der Waals surface area contributed by atoms with Crippen LogP contribution in [0, 0.1) is 22.5 Å². The highest BCUT2D eigenvalue weighted by molar-refractivity contribution is 7.16. The first-order valence-electron chi connectivity index (χ1n) is 12.8. The minimum Gasteiger partial charge on any atom is -0.354 e. The summed E-state index contributed by atoms with van der Waals surface area (Å²) in [7, 11) is 2.12. The van der Waals surface area contributed by atoms with Crippen molar-refractivity contribution in [2.45, 2.75) is 33.1 Å². The zero-order valence-electron chi connectivity index (χ0n) is 21.9. The van der Waals surface area contributed by atoms with Crippen LogP contribution >= 0.6 is 22.7 Å². The molecule has 0 aliphatic carbocycles. The number of aromatic nitrogens is 4. The summed E-state index contributed by atoms with van der Waals surface area (Å²) in [6.07, 6.45) is 5.22. The summed E-state index contributed by atoms with van der Waals surface area (Å²) in [6, 6.07) is 4.05. The maximum Gasteiger partial charge on any atom is 0.269 e. The molecule has 2 aliphatic heterocycles. The number of nitrogens with one attached hydrogen (secondary N) is 1. The van der Waals surface area contributed by atoms with Gasteiger partial charge >= 0.3 is 0 Å². The van der Waals surface area contributed by atoms with E-state index in [1.807, 2.05) is 19.9 Å².